The van der Waals surface area contributed by atoms with Gasteiger partial charge in [0.15, 0.2) is 0 Å². The number of nitrogens with zero attached hydrogens (tertiary/aromatic N) is 4. The van der Waals surface area contributed by atoms with E-state index in [0.717, 1.165) is 41.1 Å². The highest BCUT2D eigenvalue weighted by atomic mass is 79.9. The molecule has 0 spiro atoms. The Morgan fingerprint density at radius 2 is 2.16 bits per heavy atom. The molecule has 6 heteroatoms. The molecule has 2 aromatic heterocycles. The second-order valence-electron chi connectivity index (χ2n) is 4.31. The van der Waals surface area contributed by atoms with E-state index < -0.39 is 0 Å². The van der Waals surface area contributed by atoms with Crippen LogP contribution in [0.4, 0.5) is 5.82 Å². The zero-order chi connectivity index (χ0) is 13.2. The van der Waals surface area contributed by atoms with Gasteiger partial charge in [0.1, 0.15) is 12.1 Å². The second-order valence-corrected chi connectivity index (χ2v) is 5.23. The van der Waals surface area contributed by atoms with Crippen molar-refractivity contribution in [2.75, 3.05) is 18.6 Å². The van der Waals surface area contributed by atoms with Crippen LogP contribution in [0.15, 0.2) is 29.1 Å². The van der Waals surface area contributed by atoms with E-state index in [-0.39, 0.29) is 0 Å². The number of pyridine rings is 1. The Kier molecular flexibility index (Phi) is 3.33. The number of anilines is 1. The minimum atomic E-state index is 0.659. The van der Waals surface area contributed by atoms with E-state index in [4.69, 9.17) is 4.74 Å². The van der Waals surface area contributed by atoms with E-state index in [1.807, 2.05) is 18.3 Å². The minimum absolute atomic E-state index is 0.659. The molecule has 0 saturated heterocycles. The van der Waals surface area contributed by atoms with Crippen LogP contribution in [0.3, 0.4) is 0 Å². The predicted octanol–water partition coefficient (Wildman–Crippen LogP) is 2.21. The number of methoxy groups -OCH3 is 1. The second kappa shape index (κ2) is 5.13. The van der Waals surface area contributed by atoms with Crippen molar-refractivity contribution in [3.8, 4) is 5.88 Å². The predicted molar refractivity (Wildman–Crippen MR) is 75.3 cm³/mol. The number of rotatable bonds is 2. The molecule has 2 aromatic rings. The van der Waals surface area contributed by atoms with Crippen LogP contribution >= 0.6 is 15.9 Å². The van der Waals surface area contributed by atoms with E-state index >= 15 is 0 Å². The molecule has 0 saturated carbocycles. The Morgan fingerprint density at radius 3 is 2.89 bits per heavy atom. The van der Waals surface area contributed by atoms with Crippen LogP contribution in [0.2, 0.25) is 0 Å². The molecule has 5 nitrogen and oxygen atoms in total. The molecule has 0 unspecified atom stereocenters. The smallest absolute Gasteiger partial charge is 0.221 e. The Labute approximate surface area is 119 Å². The van der Waals surface area contributed by atoms with Gasteiger partial charge in [0.05, 0.1) is 24.9 Å². The van der Waals surface area contributed by atoms with Gasteiger partial charge in [0, 0.05) is 23.6 Å². The maximum atomic E-state index is 5.31. The summed E-state index contributed by atoms with van der Waals surface area (Å²) in [5, 5.41) is 0. The molecule has 0 N–H and O–H groups in total. The SMILES string of the molecule is COc1ncnc2c1CN(c1ccc(Br)cn1)CC2. The molecule has 19 heavy (non-hydrogen) atoms. The summed E-state index contributed by atoms with van der Waals surface area (Å²) in [7, 11) is 1.64. The summed E-state index contributed by atoms with van der Waals surface area (Å²) in [6.07, 6.45) is 4.25. The highest BCUT2D eigenvalue weighted by Gasteiger charge is 2.22. The van der Waals surface area contributed by atoms with Gasteiger partial charge in [-0.25, -0.2) is 15.0 Å². The van der Waals surface area contributed by atoms with Gasteiger partial charge < -0.3 is 9.64 Å². The van der Waals surface area contributed by atoms with Gasteiger partial charge in [-0.3, -0.25) is 0 Å². The van der Waals surface area contributed by atoms with E-state index in [9.17, 15) is 0 Å². The Bertz CT molecular complexity index is 573. The van der Waals surface area contributed by atoms with Crippen molar-refractivity contribution in [2.24, 2.45) is 0 Å². The van der Waals surface area contributed by atoms with E-state index in [2.05, 4.69) is 35.8 Å². The third-order valence-electron chi connectivity index (χ3n) is 3.19. The van der Waals surface area contributed by atoms with Crippen molar-refractivity contribution in [3.05, 3.63) is 40.4 Å². The zero-order valence-electron chi connectivity index (χ0n) is 10.5. The van der Waals surface area contributed by atoms with Crippen molar-refractivity contribution >= 4 is 21.7 Å². The number of hydrogen-bond acceptors (Lipinski definition) is 5. The minimum Gasteiger partial charge on any atom is -0.481 e. The molecular weight excluding hydrogens is 308 g/mol. The number of halogens is 1. The summed E-state index contributed by atoms with van der Waals surface area (Å²) >= 11 is 3.40. The van der Waals surface area contributed by atoms with Crippen LogP contribution in [0.1, 0.15) is 11.3 Å². The van der Waals surface area contributed by atoms with Crippen LogP contribution in [-0.4, -0.2) is 28.6 Å². The first kappa shape index (κ1) is 12.3. The normalized spacial score (nSPS) is 14.1. The molecule has 0 amide bonds. The van der Waals surface area contributed by atoms with E-state index in [1.165, 1.54) is 0 Å². The molecule has 0 aromatic carbocycles. The summed E-state index contributed by atoms with van der Waals surface area (Å²) in [6, 6.07) is 4.00. The molecule has 0 aliphatic carbocycles. The molecular formula is C13H13BrN4O. The number of hydrogen-bond donors (Lipinski definition) is 0. The average molecular weight is 321 g/mol. The van der Waals surface area contributed by atoms with Gasteiger partial charge in [0.2, 0.25) is 5.88 Å². The Hall–Kier alpha value is -1.69. The van der Waals surface area contributed by atoms with Gasteiger partial charge in [-0.1, -0.05) is 0 Å². The van der Waals surface area contributed by atoms with Crippen LogP contribution in [0.5, 0.6) is 5.88 Å². The topological polar surface area (TPSA) is 51.1 Å². The highest BCUT2D eigenvalue weighted by Crippen LogP contribution is 2.27. The van der Waals surface area contributed by atoms with Gasteiger partial charge >= 0.3 is 0 Å². The fourth-order valence-electron chi connectivity index (χ4n) is 2.24. The van der Waals surface area contributed by atoms with Crippen molar-refractivity contribution in [3.63, 3.8) is 0 Å². The first-order valence-electron chi connectivity index (χ1n) is 6.01. The van der Waals surface area contributed by atoms with Crippen molar-refractivity contribution in [1.29, 1.82) is 0 Å². The quantitative estimate of drug-likeness (QED) is 0.849. The lowest BCUT2D eigenvalue weighted by Gasteiger charge is -2.29. The lowest BCUT2D eigenvalue weighted by atomic mass is 10.1. The van der Waals surface area contributed by atoms with Crippen LogP contribution in [0.25, 0.3) is 0 Å². The third kappa shape index (κ3) is 2.40. The third-order valence-corrected chi connectivity index (χ3v) is 3.66. The lowest BCUT2D eigenvalue weighted by Crippen LogP contribution is -2.32. The maximum Gasteiger partial charge on any atom is 0.221 e. The first-order chi connectivity index (χ1) is 9.28. The zero-order valence-corrected chi connectivity index (χ0v) is 12.1. The molecule has 0 radical (unpaired) electrons. The van der Waals surface area contributed by atoms with Crippen molar-refractivity contribution in [1.82, 2.24) is 15.0 Å². The van der Waals surface area contributed by atoms with Gasteiger partial charge in [-0.2, -0.15) is 0 Å². The fourth-order valence-corrected chi connectivity index (χ4v) is 2.48. The highest BCUT2D eigenvalue weighted by molar-refractivity contribution is 9.10. The summed E-state index contributed by atoms with van der Waals surface area (Å²) in [5.41, 5.74) is 2.13. The Balaban J connectivity index is 1.91. The summed E-state index contributed by atoms with van der Waals surface area (Å²) in [4.78, 5) is 15.1. The van der Waals surface area contributed by atoms with Crippen LogP contribution in [0, 0.1) is 0 Å². The number of ether oxygens (including phenoxy) is 1. The molecule has 1 aliphatic heterocycles. The van der Waals surface area contributed by atoms with Crippen LogP contribution in [-0.2, 0) is 13.0 Å². The largest absolute Gasteiger partial charge is 0.481 e. The van der Waals surface area contributed by atoms with Crippen molar-refractivity contribution < 1.29 is 4.74 Å². The van der Waals surface area contributed by atoms with Gasteiger partial charge in [-0.05, 0) is 28.1 Å². The van der Waals surface area contributed by atoms with E-state index in [1.54, 1.807) is 13.4 Å². The van der Waals surface area contributed by atoms with Gasteiger partial charge in [-0.15, -0.1) is 0 Å². The van der Waals surface area contributed by atoms with Crippen LogP contribution < -0.4 is 9.64 Å². The number of fused-ring (bicyclic) bond motifs is 1. The standard InChI is InChI=1S/C13H13BrN4O/c1-19-13-10-7-18(5-4-11(10)16-8-17-13)12-3-2-9(14)6-15-12/h2-3,6,8H,4-5,7H2,1H3. The summed E-state index contributed by atoms with van der Waals surface area (Å²) < 4.78 is 6.29. The first-order valence-corrected chi connectivity index (χ1v) is 6.80. The number of aromatic nitrogens is 3. The Morgan fingerprint density at radius 1 is 1.26 bits per heavy atom. The fraction of sp³-hybridized carbons (Fsp3) is 0.308. The average Bonchev–Trinajstić information content (AvgIpc) is 2.47. The molecule has 98 valence electrons. The molecule has 0 bridgehead atoms. The molecule has 1 aliphatic rings. The molecule has 0 atom stereocenters. The van der Waals surface area contributed by atoms with Gasteiger partial charge in [0.25, 0.3) is 0 Å². The summed E-state index contributed by atoms with van der Waals surface area (Å²) in [5.74, 6) is 1.62. The van der Waals surface area contributed by atoms with Crippen molar-refractivity contribution in [2.45, 2.75) is 13.0 Å². The lowest BCUT2D eigenvalue weighted by molar-refractivity contribution is 0.387. The summed E-state index contributed by atoms with van der Waals surface area (Å²) in [6.45, 7) is 1.63. The molecule has 0 fully saturated rings. The monoisotopic (exact) mass is 320 g/mol. The molecule has 3 rings (SSSR count). The molecule has 3 heterocycles. The maximum absolute atomic E-state index is 5.31. The van der Waals surface area contributed by atoms with E-state index in [0.29, 0.717) is 5.88 Å².